The highest BCUT2D eigenvalue weighted by Gasteiger charge is 2.08. The monoisotopic (exact) mass is 247 g/mol. The van der Waals surface area contributed by atoms with E-state index in [1.807, 2.05) is 0 Å². The predicted octanol–water partition coefficient (Wildman–Crippen LogP) is 3.42. The van der Waals surface area contributed by atoms with Crippen molar-refractivity contribution < 1.29 is 4.39 Å². The maximum atomic E-state index is 13.0. The molecule has 1 N–H and O–H groups in total. The van der Waals surface area contributed by atoms with E-state index in [9.17, 15) is 4.39 Å². The second kappa shape index (κ2) is 3.82. The molecular weight excluding hydrogens is 241 g/mol. The Morgan fingerprint density at radius 3 is 2.94 bits per heavy atom. The van der Waals surface area contributed by atoms with Gasteiger partial charge in [-0.25, -0.2) is 14.4 Å². The average molecular weight is 248 g/mol. The van der Waals surface area contributed by atoms with Gasteiger partial charge in [-0.2, -0.15) is 0 Å². The van der Waals surface area contributed by atoms with Crippen molar-refractivity contribution in [3.63, 3.8) is 0 Å². The molecule has 3 rings (SSSR count). The minimum Gasteiger partial charge on any atom is -0.360 e. The van der Waals surface area contributed by atoms with Crippen LogP contribution in [0.2, 0.25) is 5.28 Å². The van der Waals surface area contributed by atoms with Crippen molar-refractivity contribution in [3.8, 4) is 11.3 Å². The first kappa shape index (κ1) is 10.2. The number of aromatic nitrogens is 3. The molecule has 0 aliphatic carbocycles. The summed E-state index contributed by atoms with van der Waals surface area (Å²) in [5.41, 5.74) is 2.32. The molecular formula is C12H7ClFN3. The number of H-pyrrole nitrogens is 1. The minimum absolute atomic E-state index is 0.193. The molecule has 0 fully saturated rings. The van der Waals surface area contributed by atoms with Crippen LogP contribution in [0.5, 0.6) is 0 Å². The predicted molar refractivity (Wildman–Crippen MR) is 64.3 cm³/mol. The average Bonchev–Trinajstić information content (AvgIpc) is 2.71. The van der Waals surface area contributed by atoms with Crippen LogP contribution in [0.15, 0.2) is 36.7 Å². The van der Waals surface area contributed by atoms with Crippen LogP contribution in [0.25, 0.3) is 22.2 Å². The smallest absolute Gasteiger partial charge is 0.222 e. The molecule has 84 valence electrons. The zero-order chi connectivity index (χ0) is 11.8. The van der Waals surface area contributed by atoms with Crippen LogP contribution < -0.4 is 0 Å². The van der Waals surface area contributed by atoms with Crippen molar-refractivity contribution in [2.45, 2.75) is 0 Å². The SMILES string of the molecule is Fc1ccc2c(-c3ccnc(Cl)n3)c[nH]c2c1. The van der Waals surface area contributed by atoms with Crippen molar-refractivity contribution in [2.75, 3.05) is 0 Å². The molecule has 0 amide bonds. The summed E-state index contributed by atoms with van der Waals surface area (Å²) in [6.07, 6.45) is 3.37. The third-order valence-corrected chi connectivity index (χ3v) is 2.73. The summed E-state index contributed by atoms with van der Waals surface area (Å²) >= 11 is 5.75. The van der Waals surface area contributed by atoms with Gasteiger partial charge in [0.1, 0.15) is 5.82 Å². The van der Waals surface area contributed by atoms with Gasteiger partial charge in [0.05, 0.1) is 5.69 Å². The maximum Gasteiger partial charge on any atom is 0.222 e. The molecule has 0 aliphatic rings. The third kappa shape index (κ3) is 1.76. The number of halogens is 2. The maximum absolute atomic E-state index is 13.0. The van der Waals surface area contributed by atoms with Crippen LogP contribution in [0, 0.1) is 5.82 Å². The van der Waals surface area contributed by atoms with Gasteiger partial charge in [0, 0.05) is 28.9 Å². The summed E-state index contributed by atoms with van der Waals surface area (Å²) in [6, 6.07) is 6.34. The van der Waals surface area contributed by atoms with Gasteiger partial charge in [0.2, 0.25) is 5.28 Å². The molecule has 0 bridgehead atoms. The van der Waals surface area contributed by atoms with E-state index in [0.717, 1.165) is 16.5 Å². The molecule has 1 aromatic carbocycles. The zero-order valence-corrected chi connectivity index (χ0v) is 9.37. The van der Waals surface area contributed by atoms with Gasteiger partial charge >= 0.3 is 0 Å². The Labute approximate surface area is 101 Å². The molecule has 3 aromatic rings. The fourth-order valence-corrected chi connectivity index (χ4v) is 1.94. The van der Waals surface area contributed by atoms with E-state index in [2.05, 4.69) is 15.0 Å². The molecule has 0 saturated carbocycles. The van der Waals surface area contributed by atoms with Gasteiger partial charge in [0.15, 0.2) is 0 Å². The number of aromatic amines is 1. The first-order valence-corrected chi connectivity index (χ1v) is 5.37. The van der Waals surface area contributed by atoms with E-state index in [0.29, 0.717) is 5.69 Å². The van der Waals surface area contributed by atoms with Gasteiger partial charge in [-0.1, -0.05) is 0 Å². The molecule has 0 aliphatic heterocycles. The van der Waals surface area contributed by atoms with Gasteiger partial charge in [-0.3, -0.25) is 0 Å². The van der Waals surface area contributed by atoms with Gasteiger partial charge in [-0.05, 0) is 35.9 Å². The van der Waals surface area contributed by atoms with E-state index in [1.165, 1.54) is 12.1 Å². The number of nitrogens with one attached hydrogen (secondary N) is 1. The number of nitrogens with zero attached hydrogens (tertiary/aromatic N) is 2. The van der Waals surface area contributed by atoms with Gasteiger partial charge < -0.3 is 4.98 Å². The summed E-state index contributed by atoms with van der Waals surface area (Å²) in [4.78, 5) is 11.0. The topological polar surface area (TPSA) is 41.6 Å². The van der Waals surface area contributed by atoms with E-state index in [-0.39, 0.29) is 11.1 Å². The Kier molecular flexibility index (Phi) is 2.30. The van der Waals surface area contributed by atoms with Crippen LogP contribution >= 0.6 is 11.6 Å². The first-order valence-electron chi connectivity index (χ1n) is 4.99. The Morgan fingerprint density at radius 1 is 1.24 bits per heavy atom. The fraction of sp³-hybridized carbons (Fsp3) is 0. The summed E-state index contributed by atoms with van der Waals surface area (Å²) in [7, 11) is 0. The lowest BCUT2D eigenvalue weighted by molar-refractivity contribution is 0.629. The van der Waals surface area contributed by atoms with Crippen LogP contribution in [0.3, 0.4) is 0 Å². The highest BCUT2D eigenvalue weighted by atomic mass is 35.5. The lowest BCUT2D eigenvalue weighted by Crippen LogP contribution is -1.85. The van der Waals surface area contributed by atoms with Gasteiger partial charge in [0.25, 0.3) is 0 Å². The van der Waals surface area contributed by atoms with Crippen molar-refractivity contribution in [1.82, 2.24) is 15.0 Å². The second-order valence-electron chi connectivity index (χ2n) is 3.60. The highest BCUT2D eigenvalue weighted by Crippen LogP contribution is 2.27. The summed E-state index contributed by atoms with van der Waals surface area (Å²) < 4.78 is 13.0. The normalized spacial score (nSPS) is 10.9. The summed E-state index contributed by atoms with van der Waals surface area (Å²) in [6.45, 7) is 0. The van der Waals surface area contributed by atoms with E-state index >= 15 is 0 Å². The third-order valence-electron chi connectivity index (χ3n) is 2.55. The second-order valence-corrected chi connectivity index (χ2v) is 3.94. The minimum atomic E-state index is -0.272. The van der Waals surface area contributed by atoms with Crippen molar-refractivity contribution in [3.05, 3.63) is 47.8 Å². The number of rotatable bonds is 1. The van der Waals surface area contributed by atoms with E-state index < -0.39 is 0 Å². The zero-order valence-electron chi connectivity index (χ0n) is 8.61. The Morgan fingerprint density at radius 2 is 2.12 bits per heavy atom. The molecule has 5 heteroatoms. The quantitative estimate of drug-likeness (QED) is 0.670. The lowest BCUT2D eigenvalue weighted by Gasteiger charge is -1.98. The van der Waals surface area contributed by atoms with Crippen LogP contribution in [0.4, 0.5) is 4.39 Å². The van der Waals surface area contributed by atoms with E-state index in [4.69, 9.17) is 11.6 Å². The molecule has 0 unspecified atom stereocenters. The fourth-order valence-electron chi connectivity index (χ4n) is 1.80. The first-order chi connectivity index (χ1) is 8.24. The van der Waals surface area contributed by atoms with Crippen molar-refractivity contribution in [2.24, 2.45) is 0 Å². The molecule has 0 spiro atoms. The van der Waals surface area contributed by atoms with Gasteiger partial charge in [-0.15, -0.1) is 0 Å². The number of hydrogen-bond donors (Lipinski definition) is 1. The Bertz CT molecular complexity index is 693. The largest absolute Gasteiger partial charge is 0.360 e. The van der Waals surface area contributed by atoms with Crippen molar-refractivity contribution >= 4 is 22.5 Å². The molecule has 3 nitrogen and oxygen atoms in total. The molecule has 0 atom stereocenters. The number of hydrogen-bond acceptors (Lipinski definition) is 2. The van der Waals surface area contributed by atoms with Crippen LogP contribution in [-0.2, 0) is 0 Å². The molecule has 0 saturated heterocycles. The van der Waals surface area contributed by atoms with E-state index in [1.54, 1.807) is 24.5 Å². The number of benzene rings is 1. The standard InChI is InChI=1S/C12H7ClFN3/c13-12-15-4-3-10(17-12)9-6-16-11-5-7(14)1-2-8(9)11/h1-6,16H. The molecule has 17 heavy (non-hydrogen) atoms. The summed E-state index contributed by atoms with van der Waals surface area (Å²) in [5, 5.41) is 1.10. The highest BCUT2D eigenvalue weighted by molar-refractivity contribution is 6.28. The van der Waals surface area contributed by atoms with Crippen LogP contribution in [0.1, 0.15) is 0 Å². The van der Waals surface area contributed by atoms with Crippen LogP contribution in [-0.4, -0.2) is 15.0 Å². The van der Waals surface area contributed by atoms with Crippen molar-refractivity contribution in [1.29, 1.82) is 0 Å². The molecule has 2 heterocycles. The Hall–Kier alpha value is -1.94. The lowest BCUT2D eigenvalue weighted by atomic mass is 10.1. The molecule has 0 radical (unpaired) electrons. The Balaban J connectivity index is 2.24. The molecule has 2 aromatic heterocycles. The number of fused-ring (bicyclic) bond motifs is 1. The summed E-state index contributed by atoms with van der Waals surface area (Å²) in [5.74, 6) is -0.272.